The maximum atomic E-state index is 12.5. The summed E-state index contributed by atoms with van der Waals surface area (Å²) in [5, 5.41) is 36.1. The van der Waals surface area contributed by atoms with Crippen LogP contribution < -0.4 is 0 Å². The van der Waals surface area contributed by atoms with Gasteiger partial charge in [-0.1, -0.05) is 17.8 Å². The number of nitro groups is 2. The maximum Gasteiger partial charge on any atom is 0.433 e. The van der Waals surface area contributed by atoms with Gasteiger partial charge in [0.1, 0.15) is 16.4 Å². The summed E-state index contributed by atoms with van der Waals surface area (Å²) in [5.74, 6) is -0.964. The molecule has 1 aliphatic heterocycles. The lowest BCUT2D eigenvalue weighted by atomic mass is 10.2. The lowest BCUT2D eigenvalue weighted by Gasteiger charge is -2.06. The molecule has 2 heterocycles. The lowest BCUT2D eigenvalue weighted by Crippen LogP contribution is -2.22. The third-order valence-corrected chi connectivity index (χ3v) is 4.91. The van der Waals surface area contributed by atoms with Crippen molar-refractivity contribution in [3.05, 3.63) is 78.9 Å². The van der Waals surface area contributed by atoms with E-state index in [9.17, 15) is 30.1 Å². The number of hydrogen-bond donors (Lipinski definition) is 1. The second-order valence-electron chi connectivity index (χ2n) is 5.55. The normalized spacial score (nSPS) is 15.7. The van der Waals surface area contributed by atoms with Gasteiger partial charge in [-0.05, 0) is 36.5 Å². The number of amides is 1. The van der Waals surface area contributed by atoms with Crippen LogP contribution in [-0.4, -0.2) is 36.4 Å². The molecule has 3 rings (SSSR count). The predicted octanol–water partition coefficient (Wildman–Crippen LogP) is 3.59. The number of thiocarbonyl (C=S) groups is 1. The quantitative estimate of drug-likeness (QED) is 0.230. The van der Waals surface area contributed by atoms with Gasteiger partial charge in [0.05, 0.1) is 22.1 Å². The number of carbonyl (C=O) groups excluding carboxylic acids is 1. The van der Waals surface area contributed by atoms with E-state index in [-0.39, 0.29) is 32.0 Å². The average Bonchev–Trinajstić information content (AvgIpc) is 3.27. The summed E-state index contributed by atoms with van der Waals surface area (Å²) >= 11 is 6.08. The average molecular weight is 446 g/mol. The van der Waals surface area contributed by atoms with Crippen LogP contribution in [0.25, 0.3) is 6.08 Å². The highest BCUT2D eigenvalue weighted by molar-refractivity contribution is 8.26. The Balaban J connectivity index is 1.74. The van der Waals surface area contributed by atoms with Crippen LogP contribution >= 0.6 is 24.0 Å². The Morgan fingerprint density at radius 2 is 1.97 bits per heavy atom. The van der Waals surface area contributed by atoms with Crippen LogP contribution in [0.1, 0.15) is 11.3 Å². The van der Waals surface area contributed by atoms with Gasteiger partial charge in [0.25, 0.3) is 11.6 Å². The minimum absolute atomic E-state index is 0.0431. The zero-order valence-electron chi connectivity index (χ0n) is 14.7. The number of hydrazone groups is 1. The number of furan rings is 1. The largest absolute Gasteiger partial charge is 0.507 e. The number of nitro benzene ring substituents is 1. The van der Waals surface area contributed by atoms with Crippen molar-refractivity contribution in [2.75, 3.05) is 0 Å². The Morgan fingerprint density at radius 3 is 2.63 bits per heavy atom. The lowest BCUT2D eigenvalue weighted by molar-refractivity contribution is -0.402. The molecule has 30 heavy (non-hydrogen) atoms. The number of nitrogens with zero attached hydrogens (tertiary/aromatic N) is 4. The van der Waals surface area contributed by atoms with Crippen LogP contribution in [0.4, 0.5) is 11.6 Å². The third kappa shape index (κ3) is 4.59. The molecule has 1 fully saturated rings. The molecule has 1 saturated heterocycles. The molecule has 11 nitrogen and oxygen atoms in total. The van der Waals surface area contributed by atoms with Crippen LogP contribution in [-0.2, 0) is 4.79 Å². The molecular formula is C17H10N4O7S2. The maximum absolute atomic E-state index is 12.5. The molecule has 1 N–H and O–H groups in total. The van der Waals surface area contributed by atoms with Crippen LogP contribution in [0.3, 0.4) is 0 Å². The molecule has 0 saturated carbocycles. The molecule has 152 valence electrons. The zero-order chi connectivity index (χ0) is 21.8. The number of allylic oxidation sites excluding steroid dienone is 2. The van der Waals surface area contributed by atoms with Gasteiger partial charge < -0.3 is 9.52 Å². The van der Waals surface area contributed by atoms with Crippen molar-refractivity contribution in [2.24, 2.45) is 5.10 Å². The molecule has 0 aliphatic carbocycles. The number of benzene rings is 1. The van der Waals surface area contributed by atoms with Gasteiger partial charge in [-0.25, -0.2) is 0 Å². The highest BCUT2D eigenvalue weighted by Gasteiger charge is 2.31. The molecule has 2 aromatic rings. The van der Waals surface area contributed by atoms with Crippen molar-refractivity contribution >= 4 is 58.1 Å². The molecule has 0 radical (unpaired) electrons. The van der Waals surface area contributed by atoms with Gasteiger partial charge in [-0.15, -0.1) is 0 Å². The monoisotopic (exact) mass is 446 g/mol. The van der Waals surface area contributed by atoms with Crippen LogP contribution in [0.15, 0.2) is 56.9 Å². The highest BCUT2D eigenvalue weighted by Crippen LogP contribution is 2.31. The summed E-state index contributed by atoms with van der Waals surface area (Å²) in [7, 11) is 0. The Hall–Kier alpha value is -3.84. The molecule has 1 aromatic carbocycles. The summed E-state index contributed by atoms with van der Waals surface area (Å²) in [6.07, 6.45) is 5.43. The van der Waals surface area contributed by atoms with Gasteiger partial charge >= 0.3 is 5.88 Å². The van der Waals surface area contributed by atoms with E-state index in [1.807, 2.05) is 0 Å². The van der Waals surface area contributed by atoms with Crippen molar-refractivity contribution in [2.45, 2.75) is 0 Å². The summed E-state index contributed by atoms with van der Waals surface area (Å²) in [4.78, 5) is 32.8. The molecule has 0 bridgehead atoms. The Bertz CT molecular complexity index is 1150. The van der Waals surface area contributed by atoms with E-state index >= 15 is 0 Å². The standard InChI is InChI=1S/C17H10N4O7S2/c22-13-6-4-11(20(24)25)8-10(13)9-18-19-16(23)14(30-17(19)29)3-1-2-12-5-7-15(28-12)21(26)27/h1-9,22H/b2-1+,14-3+,18-9+. The first-order chi connectivity index (χ1) is 14.3. The molecule has 1 aromatic heterocycles. The number of phenols is 1. The smallest absolute Gasteiger partial charge is 0.433 e. The molecule has 1 aliphatic rings. The van der Waals surface area contributed by atoms with E-state index in [2.05, 4.69) is 5.10 Å². The van der Waals surface area contributed by atoms with Gasteiger partial charge in [0, 0.05) is 17.7 Å². The first-order valence-electron chi connectivity index (χ1n) is 7.96. The Morgan fingerprint density at radius 1 is 1.20 bits per heavy atom. The summed E-state index contributed by atoms with van der Waals surface area (Å²) < 4.78 is 5.09. The van der Waals surface area contributed by atoms with Crippen molar-refractivity contribution in [1.82, 2.24) is 5.01 Å². The number of non-ortho nitro benzene ring substituents is 1. The second-order valence-corrected chi connectivity index (χ2v) is 7.23. The zero-order valence-corrected chi connectivity index (χ0v) is 16.3. The second kappa shape index (κ2) is 8.67. The first-order valence-corrected chi connectivity index (χ1v) is 9.19. The van der Waals surface area contributed by atoms with Gasteiger partial charge in [-0.3, -0.25) is 25.0 Å². The van der Waals surface area contributed by atoms with E-state index in [0.717, 1.165) is 41.2 Å². The topological polar surface area (TPSA) is 152 Å². The summed E-state index contributed by atoms with van der Waals surface area (Å²) in [5.41, 5.74) is -0.204. The van der Waals surface area contributed by atoms with Crippen LogP contribution in [0.2, 0.25) is 0 Å². The van der Waals surface area contributed by atoms with Gasteiger partial charge in [-0.2, -0.15) is 10.1 Å². The minimum Gasteiger partial charge on any atom is -0.507 e. The Labute approximate surface area is 177 Å². The van der Waals surface area contributed by atoms with Gasteiger partial charge in [0.15, 0.2) is 4.32 Å². The molecule has 1 amide bonds. The molecule has 0 unspecified atom stereocenters. The number of thioether (sulfide) groups is 1. The molecule has 0 spiro atoms. The van der Waals surface area contributed by atoms with E-state index in [0.29, 0.717) is 0 Å². The third-order valence-electron chi connectivity index (χ3n) is 3.61. The van der Waals surface area contributed by atoms with Crippen molar-refractivity contribution < 1.29 is 24.2 Å². The van der Waals surface area contributed by atoms with E-state index in [1.165, 1.54) is 30.4 Å². The minimum atomic E-state index is -0.667. The highest BCUT2D eigenvalue weighted by atomic mass is 32.2. The number of carbonyl (C=O) groups is 1. The van der Waals surface area contributed by atoms with E-state index in [4.69, 9.17) is 16.6 Å². The number of rotatable bonds is 6. The fraction of sp³-hybridized carbons (Fsp3) is 0. The summed E-state index contributed by atoms with van der Waals surface area (Å²) in [6, 6.07) is 6.00. The first kappa shape index (κ1) is 20.9. The number of phenolic OH excluding ortho intramolecular Hbond substituents is 1. The van der Waals surface area contributed by atoms with E-state index < -0.39 is 21.6 Å². The van der Waals surface area contributed by atoms with Gasteiger partial charge in [0.2, 0.25) is 0 Å². The SMILES string of the molecule is O=C1/C(=C\C=C\c2ccc([N+](=O)[O-])o2)SC(=S)N1/N=C/c1cc([N+](=O)[O-])ccc1O. The van der Waals surface area contributed by atoms with E-state index in [1.54, 1.807) is 0 Å². The van der Waals surface area contributed by atoms with Crippen LogP contribution in [0.5, 0.6) is 5.75 Å². The molecule has 13 heteroatoms. The number of hydrogen-bond acceptors (Lipinski definition) is 10. The van der Waals surface area contributed by atoms with Crippen molar-refractivity contribution in [3.8, 4) is 5.75 Å². The predicted molar refractivity (Wildman–Crippen MR) is 112 cm³/mol. The van der Waals surface area contributed by atoms with Crippen molar-refractivity contribution in [3.63, 3.8) is 0 Å². The Kier molecular flexibility index (Phi) is 6.03. The number of aromatic hydroxyl groups is 1. The molecular weight excluding hydrogens is 436 g/mol. The fourth-order valence-corrected chi connectivity index (χ4v) is 3.34. The van der Waals surface area contributed by atoms with Crippen molar-refractivity contribution in [1.29, 1.82) is 0 Å². The summed E-state index contributed by atoms with van der Waals surface area (Å²) in [6.45, 7) is 0. The molecule has 0 atom stereocenters. The van der Waals surface area contributed by atoms with Crippen LogP contribution in [0, 0.1) is 20.2 Å². The fourth-order valence-electron chi connectivity index (χ4n) is 2.21.